The van der Waals surface area contributed by atoms with Gasteiger partial charge in [-0.3, -0.25) is 4.79 Å². The van der Waals surface area contributed by atoms with E-state index in [0.717, 1.165) is 6.07 Å². The van der Waals surface area contributed by atoms with Crippen LogP contribution in [0.4, 0.5) is 0 Å². The van der Waals surface area contributed by atoms with Crippen molar-refractivity contribution in [2.45, 2.75) is 4.90 Å². The van der Waals surface area contributed by atoms with Gasteiger partial charge in [0.25, 0.3) is 0 Å². The lowest BCUT2D eigenvalue weighted by Crippen LogP contribution is -2.16. The highest BCUT2D eigenvalue weighted by Crippen LogP contribution is 2.24. The first-order valence-electron chi connectivity index (χ1n) is 6.57. The molecule has 2 aromatic carbocycles. The van der Waals surface area contributed by atoms with Gasteiger partial charge in [0.15, 0.2) is 12.4 Å². The molecule has 0 aliphatic heterocycles. The summed E-state index contributed by atoms with van der Waals surface area (Å²) in [6, 6.07) is 7.89. The lowest BCUT2D eigenvalue weighted by Gasteiger charge is -2.08. The fourth-order valence-corrected chi connectivity index (χ4v) is 3.05. The Bertz CT molecular complexity index is 962. The summed E-state index contributed by atoms with van der Waals surface area (Å²) in [5, 5.41) is 5.52. The van der Waals surface area contributed by atoms with Crippen LogP contribution in [0.25, 0.3) is 0 Å². The summed E-state index contributed by atoms with van der Waals surface area (Å²) in [5.41, 5.74) is 0.146. The molecule has 2 aromatic rings. The molecule has 0 atom stereocenters. The van der Waals surface area contributed by atoms with E-state index in [2.05, 4.69) is 15.9 Å². The van der Waals surface area contributed by atoms with Crippen molar-refractivity contribution in [3.8, 4) is 0 Å². The largest absolute Gasteiger partial charge is 0.454 e. The molecule has 0 radical (unpaired) electrons. The standard InChI is InChI=1S/C15H10BrCl2NO5S/c16-11-3-2-9(25(19,22)23)6-10(11)15(21)24-7-14(20)8-1-4-12(17)13(18)5-8/h1-6H,7H2,(H2,19,22,23). The number of benzene rings is 2. The minimum absolute atomic E-state index is 0.0755. The number of carbonyl (C=O) groups is 2. The zero-order valence-corrected chi connectivity index (χ0v) is 16.2. The minimum Gasteiger partial charge on any atom is -0.454 e. The third kappa shape index (κ3) is 5.02. The van der Waals surface area contributed by atoms with Gasteiger partial charge in [0.05, 0.1) is 20.5 Å². The molecule has 0 heterocycles. The molecule has 0 bridgehead atoms. The Labute approximate surface area is 162 Å². The Morgan fingerprint density at radius 3 is 2.36 bits per heavy atom. The highest BCUT2D eigenvalue weighted by atomic mass is 79.9. The van der Waals surface area contributed by atoms with Crippen LogP contribution in [0.15, 0.2) is 45.8 Å². The van der Waals surface area contributed by atoms with E-state index in [-0.39, 0.29) is 21.0 Å². The second-order valence-electron chi connectivity index (χ2n) is 4.81. The predicted molar refractivity (Wildman–Crippen MR) is 96.6 cm³/mol. The first-order valence-corrected chi connectivity index (χ1v) is 9.67. The molecule has 0 aliphatic rings. The van der Waals surface area contributed by atoms with E-state index in [1.807, 2.05) is 0 Å². The van der Waals surface area contributed by atoms with Crippen LogP contribution in [-0.2, 0) is 14.8 Å². The van der Waals surface area contributed by atoms with E-state index in [1.54, 1.807) is 0 Å². The van der Waals surface area contributed by atoms with Crippen molar-refractivity contribution in [2.24, 2.45) is 5.14 Å². The van der Waals surface area contributed by atoms with Gasteiger partial charge in [-0.15, -0.1) is 0 Å². The summed E-state index contributed by atoms with van der Waals surface area (Å²) in [7, 11) is -3.98. The van der Waals surface area contributed by atoms with Crippen LogP contribution in [0, 0.1) is 0 Å². The van der Waals surface area contributed by atoms with Crippen LogP contribution in [0.2, 0.25) is 10.0 Å². The predicted octanol–water partition coefficient (Wildman–Crippen LogP) is 3.44. The number of halogens is 3. The van der Waals surface area contributed by atoms with Gasteiger partial charge in [-0.2, -0.15) is 0 Å². The molecule has 10 heteroatoms. The zero-order chi connectivity index (χ0) is 18.8. The average Bonchev–Trinajstić information content (AvgIpc) is 2.54. The maximum Gasteiger partial charge on any atom is 0.339 e. The molecule has 0 fully saturated rings. The van der Waals surface area contributed by atoms with Crippen LogP contribution in [0.5, 0.6) is 0 Å². The molecule has 0 saturated carbocycles. The van der Waals surface area contributed by atoms with Crippen LogP contribution in [-0.4, -0.2) is 26.8 Å². The third-order valence-corrected chi connectivity index (χ3v) is 5.40. The molecule has 0 saturated heterocycles. The van der Waals surface area contributed by atoms with Gasteiger partial charge >= 0.3 is 5.97 Å². The summed E-state index contributed by atoms with van der Waals surface area (Å²) in [4.78, 5) is 23.9. The maximum atomic E-state index is 12.1. The van der Waals surface area contributed by atoms with Gasteiger partial charge in [0.2, 0.25) is 10.0 Å². The van der Waals surface area contributed by atoms with Crippen molar-refractivity contribution in [3.63, 3.8) is 0 Å². The Balaban J connectivity index is 2.14. The van der Waals surface area contributed by atoms with E-state index >= 15 is 0 Å². The third-order valence-electron chi connectivity index (χ3n) is 3.06. The molecule has 25 heavy (non-hydrogen) atoms. The number of nitrogens with two attached hydrogens (primary N) is 1. The van der Waals surface area contributed by atoms with E-state index < -0.39 is 28.4 Å². The van der Waals surface area contributed by atoms with Gasteiger partial charge in [-0.25, -0.2) is 18.4 Å². The quantitative estimate of drug-likeness (QED) is 0.536. The van der Waals surface area contributed by atoms with Gasteiger partial charge < -0.3 is 4.74 Å². The topological polar surface area (TPSA) is 104 Å². The molecule has 2 N–H and O–H groups in total. The van der Waals surface area contributed by atoms with Gasteiger partial charge in [-0.1, -0.05) is 23.2 Å². The Hall–Kier alpha value is -1.45. The molecule has 0 aliphatic carbocycles. The summed E-state index contributed by atoms with van der Waals surface area (Å²) < 4.78 is 28.0. The lowest BCUT2D eigenvalue weighted by atomic mass is 10.1. The SMILES string of the molecule is NS(=O)(=O)c1ccc(Br)c(C(=O)OCC(=O)c2ccc(Cl)c(Cl)c2)c1. The number of carbonyl (C=O) groups excluding carboxylic acids is 2. The number of Topliss-reactive ketones (excluding diaryl/α,β-unsaturated/α-hetero) is 1. The van der Waals surface area contributed by atoms with Crippen LogP contribution >= 0.6 is 39.1 Å². The summed E-state index contributed by atoms with van der Waals surface area (Å²) >= 11 is 14.7. The number of ether oxygens (including phenoxy) is 1. The monoisotopic (exact) mass is 465 g/mol. The molecule has 0 amide bonds. The highest BCUT2D eigenvalue weighted by Gasteiger charge is 2.18. The first kappa shape index (κ1) is 19.9. The Kier molecular flexibility index (Phi) is 6.23. The van der Waals surface area contributed by atoms with E-state index in [1.165, 1.54) is 30.3 Å². The van der Waals surface area contributed by atoms with E-state index in [4.69, 9.17) is 33.1 Å². The molecular weight excluding hydrogens is 457 g/mol. The van der Waals surface area contributed by atoms with Gasteiger partial charge in [-0.05, 0) is 52.3 Å². The second kappa shape index (κ2) is 7.84. The van der Waals surface area contributed by atoms with Crippen LogP contribution in [0.3, 0.4) is 0 Å². The molecular formula is C15H10BrCl2NO5S. The van der Waals surface area contributed by atoms with Crippen molar-refractivity contribution in [2.75, 3.05) is 6.61 Å². The van der Waals surface area contributed by atoms with Gasteiger partial charge in [0.1, 0.15) is 0 Å². The number of hydrogen-bond acceptors (Lipinski definition) is 5. The highest BCUT2D eigenvalue weighted by molar-refractivity contribution is 9.10. The summed E-state index contributed by atoms with van der Waals surface area (Å²) in [5.74, 6) is -1.38. The number of rotatable bonds is 5. The number of sulfonamides is 1. The second-order valence-corrected chi connectivity index (χ2v) is 8.05. The fourth-order valence-electron chi connectivity index (χ4n) is 1.80. The zero-order valence-electron chi connectivity index (χ0n) is 12.3. The van der Waals surface area contributed by atoms with E-state index in [9.17, 15) is 18.0 Å². The van der Waals surface area contributed by atoms with Crippen molar-refractivity contribution >= 4 is 60.9 Å². The van der Waals surface area contributed by atoms with Gasteiger partial charge in [0, 0.05) is 10.0 Å². The molecule has 2 rings (SSSR count). The summed E-state index contributed by atoms with van der Waals surface area (Å²) in [6.07, 6.45) is 0. The number of ketones is 1. The van der Waals surface area contributed by atoms with Crippen LogP contribution in [0.1, 0.15) is 20.7 Å². The lowest BCUT2D eigenvalue weighted by molar-refractivity contribution is 0.0473. The average molecular weight is 467 g/mol. The normalized spacial score (nSPS) is 11.2. The first-order chi connectivity index (χ1) is 11.6. The van der Waals surface area contributed by atoms with Crippen molar-refractivity contribution in [3.05, 3.63) is 62.0 Å². The molecule has 0 spiro atoms. The van der Waals surface area contributed by atoms with Crippen LogP contribution < -0.4 is 5.14 Å². The number of esters is 1. The van der Waals surface area contributed by atoms with E-state index in [0.29, 0.717) is 9.50 Å². The minimum atomic E-state index is -3.98. The van der Waals surface area contributed by atoms with Crippen molar-refractivity contribution < 1.29 is 22.7 Å². The molecule has 0 unspecified atom stereocenters. The Morgan fingerprint density at radius 2 is 1.76 bits per heavy atom. The summed E-state index contributed by atoms with van der Waals surface area (Å²) in [6.45, 7) is -0.553. The number of primary sulfonamides is 1. The van der Waals surface area contributed by atoms with Crippen molar-refractivity contribution in [1.82, 2.24) is 0 Å². The fraction of sp³-hybridized carbons (Fsp3) is 0.0667. The molecule has 0 aromatic heterocycles. The molecule has 6 nitrogen and oxygen atoms in total. The molecule has 132 valence electrons. The maximum absolute atomic E-state index is 12.1. The van der Waals surface area contributed by atoms with Crippen molar-refractivity contribution in [1.29, 1.82) is 0 Å². The Morgan fingerprint density at radius 1 is 1.08 bits per heavy atom. The smallest absolute Gasteiger partial charge is 0.339 e. The number of hydrogen-bond donors (Lipinski definition) is 1.